The fourth-order valence-electron chi connectivity index (χ4n) is 4.25. The molecule has 1 aliphatic rings. The molecule has 3 aromatic rings. The fraction of sp³-hybridized carbons (Fsp3) is 0.440. The summed E-state index contributed by atoms with van der Waals surface area (Å²) >= 11 is 1.46. The second-order valence-corrected chi connectivity index (χ2v) is 11.9. The Kier molecular flexibility index (Phi) is 8.13. The summed E-state index contributed by atoms with van der Waals surface area (Å²) in [5.74, 6) is 0.982. The maximum absolute atomic E-state index is 13.7. The van der Waals surface area contributed by atoms with Crippen molar-refractivity contribution in [3.05, 3.63) is 42.5 Å². The summed E-state index contributed by atoms with van der Waals surface area (Å²) in [6.07, 6.45) is 0.918. The van der Waals surface area contributed by atoms with E-state index >= 15 is 0 Å². The van der Waals surface area contributed by atoms with Crippen molar-refractivity contribution in [3.63, 3.8) is 0 Å². The Labute approximate surface area is 216 Å². The number of benzene rings is 2. The predicted molar refractivity (Wildman–Crippen MR) is 142 cm³/mol. The van der Waals surface area contributed by atoms with Gasteiger partial charge in [0, 0.05) is 32.1 Å². The number of amides is 1. The van der Waals surface area contributed by atoms with Crippen molar-refractivity contribution in [2.24, 2.45) is 5.92 Å². The summed E-state index contributed by atoms with van der Waals surface area (Å²) in [5.41, 5.74) is 0.739. The molecule has 2 heterocycles. The van der Waals surface area contributed by atoms with Crippen molar-refractivity contribution < 1.29 is 22.7 Å². The molecule has 9 nitrogen and oxygen atoms in total. The van der Waals surface area contributed by atoms with Crippen molar-refractivity contribution in [1.82, 2.24) is 14.2 Å². The van der Waals surface area contributed by atoms with Gasteiger partial charge in [-0.3, -0.25) is 9.69 Å². The van der Waals surface area contributed by atoms with E-state index < -0.39 is 10.0 Å². The number of hydrogen-bond acceptors (Lipinski definition) is 8. The quantitative estimate of drug-likeness (QED) is 0.418. The number of aromatic nitrogens is 1. The number of nitrogens with zero attached hydrogens (tertiary/aromatic N) is 4. The first-order chi connectivity index (χ1) is 17.2. The van der Waals surface area contributed by atoms with Crippen LogP contribution < -0.4 is 14.4 Å². The van der Waals surface area contributed by atoms with Crippen molar-refractivity contribution in [1.29, 1.82) is 0 Å². The van der Waals surface area contributed by atoms with Crippen molar-refractivity contribution >= 4 is 42.6 Å². The highest BCUT2D eigenvalue weighted by molar-refractivity contribution is 7.89. The number of sulfonamides is 1. The summed E-state index contributed by atoms with van der Waals surface area (Å²) in [7, 11) is 3.44. The summed E-state index contributed by atoms with van der Waals surface area (Å²) < 4.78 is 39.2. The van der Waals surface area contributed by atoms with Crippen LogP contribution in [0.1, 0.15) is 12.8 Å². The number of methoxy groups -OCH3 is 2. The first kappa shape index (κ1) is 26.3. The number of carbonyl (C=O) groups is 1. The number of carbonyl (C=O) groups excluding carboxylic acids is 1. The zero-order chi connectivity index (χ0) is 25.9. The van der Waals surface area contributed by atoms with E-state index in [-0.39, 0.29) is 16.7 Å². The molecular formula is C25H32N4O5S2. The minimum absolute atomic E-state index is 0.0173. The first-order valence-electron chi connectivity index (χ1n) is 11.8. The minimum atomic E-state index is -3.63. The Morgan fingerprint density at radius 2 is 1.75 bits per heavy atom. The molecule has 0 bridgehead atoms. The van der Waals surface area contributed by atoms with Gasteiger partial charge >= 0.3 is 0 Å². The standard InChI is InChI=1S/C25H32N4O5S2/c1-27(2)16-17-29(25-26-23-21(34-4)6-5-7-22(23)35-25)24(30)18-12-14-28(15-13-18)36(31,32)20-10-8-19(33-3)9-11-20/h5-11,18H,12-17H2,1-4H3. The van der Waals surface area contributed by atoms with Gasteiger partial charge < -0.3 is 14.4 Å². The Morgan fingerprint density at radius 1 is 1.06 bits per heavy atom. The van der Waals surface area contributed by atoms with Gasteiger partial charge in [-0.2, -0.15) is 4.31 Å². The van der Waals surface area contributed by atoms with E-state index in [1.807, 2.05) is 37.2 Å². The van der Waals surface area contributed by atoms with Crippen LogP contribution in [0.4, 0.5) is 5.13 Å². The topological polar surface area (TPSA) is 92.3 Å². The first-order valence-corrected chi connectivity index (χ1v) is 14.0. The lowest BCUT2D eigenvalue weighted by atomic mass is 9.96. The van der Waals surface area contributed by atoms with Crippen molar-refractivity contribution in [2.75, 3.05) is 59.4 Å². The second-order valence-electron chi connectivity index (χ2n) is 8.95. The number of hydrogen-bond donors (Lipinski definition) is 0. The molecule has 36 heavy (non-hydrogen) atoms. The van der Waals surface area contributed by atoms with Gasteiger partial charge in [-0.05, 0) is 63.3 Å². The lowest BCUT2D eigenvalue weighted by Gasteiger charge is -2.33. The molecule has 1 aliphatic heterocycles. The lowest BCUT2D eigenvalue weighted by Crippen LogP contribution is -2.46. The minimum Gasteiger partial charge on any atom is -0.497 e. The van der Waals surface area contributed by atoms with E-state index in [4.69, 9.17) is 14.5 Å². The van der Waals surface area contributed by atoms with Gasteiger partial charge in [0.2, 0.25) is 15.9 Å². The van der Waals surface area contributed by atoms with E-state index in [0.717, 1.165) is 10.2 Å². The molecule has 194 valence electrons. The third kappa shape index (κ3) is 5.49. The van der Waals surface area contributed by atoms with E-state index in [0.29, 0.717) is 55.7 Å². The zero-order valence-electron chi connectivity index (χ0n) is 21.0. The van der Waals surface area contributed by atoms with Gasteiger partial charge in [-0.15, -0.1) is 0 Å². The molecule has 11 heteroatoms. The van der Waals surface area contributed by atoms with Crippen LogP contribution in [-0.4, -0.2) is 83.0 Å². The average Bonchev–Trinajstić information content (AvgIpc) is 3.32. The lowest BCUT2D eigenvalue weighted by molar-refractivity contribution is -0.123. The number of piperidine rings is 1. The highest BCUT2D eigenvalue weighted by atomic mass is 32.2. The zero-order valence-corrected chi connectivity index (χ0v) is 22.6. The number of fused-ring (bicyclic) bond motifs is 1. The Balaban J connectivity index is 1.51. The van der Waals surface area contributed by atoms with Crippen molar-refractivity contribution in [3.8, 4) is 11.5 Å². The highest BCUT2D eigenvalue weighted by Gasteiger charge is 2.35. The normalized spacial score (nSPS) is 15.4. The van der Waals surface area contributed by atoms with E-state index in [1.54, 1.807) is 36.3 Å². The number of rotatable bonds is 9. The monoisotopic (exact) mass is 532 g/mol. The number of ether oxygens (including phenoxy) is 2. The van der Waals surface area contributed by atoms with Crippen LogP contribution in [0.15, 0.2) is 47.4 Å². The molecule has 0 radical (unpaired) electrons. The maximum atomic E-state index is 13.7. The van der Waals surface area contributed by atoms with Crippen LogP contribution in [0.5, 0.6) is 11.5 Å². The van der Waals surface area contributed by atoms with Gasteiger partial charge in [-0.25, -0.2) is 13.4 Å². The van der Waals surface area contributed by atoms with E-state index in [2.05, 4.69) is 0 Å². The molecule has 1 aromatic heterocycles. The van der Waals surface area contributed by atoms with Crippen LogP contribution in [0.25, 0.3) is 10.2 Å². The molecule has 1 saturated heterocycles. The molecule has 1 amide bonds. The van der Waals surface area contributed by atoms with Crippen molar-refractivity contribution in [2.45, 2.75) is 17.7 Å². The van der Waals surface area contributed by atoms with Gasteiger partial charge in [0.05, 0.1) is 23.8 Å². The van der Waals surface area contributed by atoms with Gasteiger partial charge in [0.25, 0.3) is 0 Å². The van der Waals surface area contributed by atoms with Crippen LogP contribution in [0, 0.1) is 5.92 Å². The molecule has 0 saturated carbocycles. The summed E-state index contributed by atoms with van der Waals surface area (Å²) in [6.45, 7) is 1.77. The largest absolute Gasteiger partial charge is 0.497 e. The van der Waals surface area contributed by atoms with Crippen LogP contribution >= 0.6 is 11.3 Å². The fourth-order valence-corrected chi connectivity index (χ4v) is 6.74. The number of anilines is 1. The number of likely N-dealkylation sites (N-methyl/N-ethyl adjacent to an activating group) is 1. The van der Waals surface area contributed by atoms with E-state index in [1.165, 1.54) is 22.8 Å². The number of thiazole rings is 1. The predicted octanol–water partition coefficient (Wildman–Crippen LogP) is 3.31. The molecule has 4 rings (SSSR count). The van der Waals surface area contributed by atoms with E-state index in [9.17, 15) is 13.2 Å². The van der Waals surface area contributed by atoms with Crippen LogP contribution in [-0.2, 0) is 14.8 Å². The van der Waals surface area contributed by atoms with Gasteiger partial charge in [0.1, 0.15) is 17.0 Å². The Morgan fingerprint density at radius 3 is 2.36 bits per heavy atom. The average molecular weight is 533 g/mol. The smallest absolute Gasteiger partial charge is 0.243 e. The molecule has 1 fully saturated rings. The summed E-state index contributed by atoms with van der Waals surface area (Å²) in [6, 6.07) is 12.1. The molecule has 0 spiro atoms. The summed E-state index contributed by atoms with van der Waals surface area (Å²) in [4.78, 5) is 22.5. The third-order valence-electron chi connectivity index (χ3n) is 6.36. The molecule has 2 aromatic carbocycles. The number of para-hydroxylation sites is 1. The molecule has 0 atom stereocenters. The Hall–Kier alpha value is -2.73. The Bertz CT molecular complexity index is 1300. The summed E-state index contributed by atoms with van der Waals surface area (Å²) in [5, 5.41) is 0.634. The SMILES string of the molecule is COc1ccc(S(=O)(=O)N2CCC(C(=O)N(CCN(C)C)c3nc4c(OC)cccc4s3)CC2)cc1. The molecule has 0 aliphatic carbocycles. The van der Waals surface area contributed by atoms with Gasteiger partial charge in [0.15, 0.2) is 5.13 Å². The van der Waals surface area contributed by atoms with Crippen LogP contribution in [0.3, 0.4) is 0 Å². The van der Waals surface area contributed by atoms with Crippen LogP contribution in [0.2, 0.25) is 0 Å². The highest BCUT2D eigenvalue weighted by Crippen LogP contribution is 2.35. The molecule has 0 N–H and O–H groups in total. The maximum Gasteiger partial charge on any atom is 0.243 e. The molecule has 0 unspecified atom stereocenters. The second kappa shape index (κ2) is 11.1. The third-order valence-corrected chi connectivity index (χ3v) is 9.32. The molecular weight excluding hydrogens is 500 g/mol. The van der Waals surface area contributed by atoms with Gasteiger partial charge in [-0.1, -0.05) is 17.4 Å².